The smallest absolute Gasteiger partial charge is 0.177 e. The molecule has 0 saturated carbocycles. The monoisotopic (exact) mass is 348 g/mol. The van der Waals surface area contributed by atoms with Crippen molar-refractivity contribution >= 4 is 8.07 Å². The van der Waals surface area contributed by atoms with Crippen molar-refractivity contribution in [1.82, 2.24) is 0 Å². The van der Waals surface area contributed by atoms with Gasteiger partial charge in [0, 0.05) is 6.92 Å². The fourth-order valence-electron chi connectivity index (χ4n) is 0. The highest BCUT2D eigenvalue weighted by molar-refractivity contribution is 6.77. The topological polar surface area (TPSA) is 0 Å². The van der Waals surface area contributed by atoms with Gasteiger partial charge in [0.1, 0.15) is 0 Å². The van der Waals surface area contributed by atoms with Crippen molar-refractivity contribution in [3.05, 3.63) is 0 Å². The van der Waals surface area contributed by atoms with Crippen molar-refractivity contribution in [2.24, 2.45) is 0 Å². The van der Waals surface area contributed by atoms with E-state index in [4.69, 9.17) is 0 Å². The first-order chi connectivity index (χ1) is 8.25. The van der Waals surface area contributed by atoms with Crippen LogP contribution >= 0.6 is 0 Å². The number of hydrogen-bond acceptors (Lipinski definition) is 0. The van der Waals surface area contributed by atoms with Crippen LogP contribution in [0.3, 0.4) is 0 Å². The molecule has 0 atom stereocenters. The van der Waals surface area contributed by atoms with Crippen LogP contribution in [0.4, 0.5) is 26.3 Å². The normalized spacial score (nSPS) is 9.14. The molecule has 0 fully saturated rings. The summed E-state index contributed by atoms with van der Waals surface area (Å²) < 4.78 is 65.9. The summed E-state index contributed by atoms with van der Waals surface area (Å²) in [5.41, 5.74) is 0. The maximum atomic E-state index is 11.6. The minimum Gasteiger partial charge on any atom is -0.177 e. The summed E-state index contributed by atoms with van der Waals surface area (Å²) in [6.07, 6.45) is -4.00. The van der Waals surface area contributed by atoms with Gasteiger partial charge in [-0.05, 0) is 0 Å². The molecular formula is C14H38F6Si. The second kappa shape index (κ2) is 22.1. The highest BCUT2D eigenvalue weighted by atomic mass is 28.3. The SMILES string of the molecule is C.C.CC.CC.CC.CC(F)(F)F.C[Si](C)(C)C(F)(F)F. The summed E-state index contributed by atoms with van der Waals surface area (Å²) in [4.78, 5) is 0. The van der Waals surface area contributed by atoms with E-state index in [-0.39, 0.29) is 21.8 Å². The van der Waals surface area contributed by atoms with Crippen molar-refractivity contribution in [1.29, 1.82) is 0 Å². The molecule has 0 unspecified atom stereocenters. The first kappa shape index (κ1) is 42.8. The summed E-state index contributed by atoms with van der Waals surface area (Å²) in [6, 6.07) is 0. The zero-order valence-corrected chi connectivity index (χ0v) is 14.8. The molecule has 0 aliphatic heterocycles. The third-order valence-electron chi connectivity index (χ3n) is 0.850. The maximum absolute atomic E-state index is 11.6. The molecule has 0 amide bonds. The van der Waals surface area contributed by atoms with E-state index in [9.17, 15) is 26.3 Å². The van der Waals surface area contributed by atoms with Crippen LogP contribution in [0.2, 0.25) is 19.6 Å². The number of halogens is 6. The Hall–Kier alpha value is -0.203. The second-order valence-corrected chi connectivity index (χ2v) is 8.60. The average Bonchev–Trinajstić information content (AvgIpc) is 2.21. The van der Waals surface area contributed by atoms with E-state index in [1.54, 1.807) is 0 Å². The van der Waals surface area contributed by atoms with Crippen LogP contribution in [0, 0.1) is 0 Å². The van der Waals surface area contributed by atoms with Gasteiger partial charge in [-0.25, -0.2) is 0 Å². The van der Waals surface area contributed by atoms with E-state index in [0.29, 0.717) is 0 Å². The number of rotatable bonds is 0. The lowest BCUT2D eigenvalue weighted by molar-refractivity contribution is -0.110. The number of alkyl halides is 6. The fraction of sp³-hybridized carbons (Fsp3) is 1.00. The summed E-state index contributed by atoms with van der Waals surface area (Å²) in [5.74, 6) is -3.92. The van der Waals surface area contributed by atoms with Crippen molar-refractivity contribution in [2.45, 2.75) is 94.9 Å². The molecule has 0 rings (SSSR count). The van der Waals surface area contributed by atoms with Crippen molar-refractivity contribution < 1.29 is 26.3 Å². The lowest BCUT2D eigenvalue weighted by Gasteiger charge is -2.19. The third-order valence-corrected chi connectivity index (χ3v) is 2.55. The van der Waals surface area contributed by atoms with Gasteiger partial charge in [-0.1, -0.05) is 76.0 Å². The van der Waals surface area contributed by atoms with Crippen molar-refractivity contribution in [3.63, 3.8) is 0 Å². The van der Waals surface area contributed by atoms with E-state index in [1.165, 1.54) is 19.6 Å². The Morgan fingerprint density at radius 1 is 0.571 bits per heavy atom. The van der Waals surface area contributed by atoms with Crippen LogP contribution in [0.25, 0.3) is 0 Å². The van der Waals surface area contributed by atoms with Gasteiger partial charge >= 0.3 is 12.0 Å². The number of hydrogen-bond donors (Lipinski definition) is 0. The lowest BCUT2D eigenvalue weighted by Crippen LogP contribution is -2.40. The molecule has 0 bridgehead atoms. The summed E-state index contributed by atoms with van der Waals surface area (Å²) in [7, 11) is -2.86. The van der Waals surface area contributed by atoms with Crippen molar-refractivity contribution in [2.75, 3.05) is 0 Å². The molecule has 21 heavy (non-hydrogen) atoms. The molecular weight excluding hydrogens is 310 g/mol. The molecule has 0 aromatic rings. The van der Waals surface area contributed by atoms with E-state index >= 15 is 0 Å². The van der Waals surface area contributed by atoms with E-state index in [0.717, 1.165) is 0 Å². The Morgan fingerprint density at radius 2 is 0.619 bits per heavy atom. The largest absolute Gasteiger partial charge is 0.386 e. The molecule has 7 heteroatoms. The summed E-state index contributed by atoms with van der Waals surface area (Å²) >= 11 is 0. The van der Waals surface area contributed by atoms with Gasteiger partial charge in [-0.15, -0.1) is 0 Å². The fourth-order valence-corrected chi connectivity index (χ4v) is 0. The summed E-state index contributed by atoms with van der Waals surface area (Å²) in [5, 5.41) is 0. The molecule has 0 aromatic carbocycles. The molecule has 0 aliphatic rings. The van der Waals surface area contributed by atoms with Gasteiger partial charge in [0.05, 0.1) is 0 Å². The maximum Gasteiger partial charge on any atom is 0.386 e. The second-order valence-electron chi connectivity index (χ2n) is 3.53. The highest BCUT2D eigenvalue weighted by Crippen LogP contribution is 2.27. The van der Waals surface area contributed by atoms with Gasteiger partial charge in [-0.3, -0.25) is 0 Å². The average molecular weight is 349 g/mol. The predicted octanol–water partition coefficient (Wildman–Crippen LogP) is 8.35. The zero-order chi connectivity index (χ0) is 17.5. The van der Waals surface area contributed by atoms with Crippen molar-refractivity contribution in [3.8, 4) is 0 Å². The van der Waals surface area contributed by atoms with Crippen LogP contribution in [0.15, 0.2) is 0 Å². The lowest BCUT2D eigenvalue weighted by atomic mass is 10.8. The molecule has 0 spiro atoms. The van der Waals surface area contributed by atoms with E-state index in [1.807, 2.05) is 41.5 Å². The molecule has 0 N–H and O–H groups in total. The Labute approximate surface area is 130 Å². The minimum absolute atomic E-state index is 0. The predicted molar refractivity (Wildman–Crippen MR) is 88.6 cm³/mol. The zero-order valence-electron chi connectivity index (χ0n) is 13.8. The van der Waals surface area contributed by atoms with Gasteiger partial charge in [-0.2, -0.15) is 26.3 Å². The van der Waals surface area contributed by atoms with Gasteiger partial charge in [0.15, 0.2) is 8.07 Å². The molecule has 0 aromatic heterocycles. The third kappa shape index (κ3) is 81.0. The van der Waals surface area contributed by atoms with Gasteiger partial charge in [0.25, 0.3) is 0 Å². The first-order valence-electron chi connectivity index (χ1n) is 6.38. The Bertz CT molecular complexity index is 127. The van der Waals surface area contributed by atoms with Gasteiger partial charge in [0.2, 0.25) is 0 Å². The van der Waals surface area contributed by atoms with Crippen LogP contribution in [-0.2, 0) is 0 Å². The quantitative estimate of drug-likeness (QED) is 0.305. The molecule has 0 heterocycles. The molecule has 0 aliphatic carbocycles. The minimum atomic E-state index is -4.00. The van der Waals surface area contributed by atoms with E-state index in [2.05, 4.69) is 0 Å². The summed E-state index contributed by atoms with van der Waals surface area (Å²) in [6.45, 7) is 16.0. The van der Waals surface area contributed by atoms with Gasteiger partial charge < -0.3 is 0 Å². The Balaban J connectivity index is -0.0000000265. The molecule has 140 valence electrons. The van der Waals surface area contributed by atoms with Crippen LogP contribution in [0.1, 0.15) is 63.3 Å². The van der Waals surface area contributed by atoms with Crippen LogP contribution in [-0.4, -0.2) is 20.0 Å². The standard InChI is InChI=1S/C4H9F3Si.C2H3F3.3C2H6.2CH4/c1-8(2,3)4(5,6)7;1-2(3,4)5;3*1-2;;/h1-3H3;1H3;3*1-2H3;2*1H4. The van der Waals surface area contributed by atoms with Crippen LogP contribution < -0.4 is 0 Å². The van der Waals surface area contributed by atoms with E-state index < -0.39 is 20.0 Å². The molecule has 0 nitrogen and oxygen atoms in total. The highest BCUT2D eigenvalue weighted by Gasteiger charge is 2.44. The Kier molecular flexibility index (Phi) is 45.0. The van der Waals surface area contributed by atoms with Crippen LogP contribution in [0.5, 0.6) is 0 Å². The molecule has 0 saturated heterocycles. The Morgan fingerprint density at radius 3 is 0.619 bits per heavy atom. The molecule has 0 radical (unpaired) electrons. The first-order valence-corrected chi connectivity index (χ1v) is 9.88.